The maximum absolute atomic E-state index is 10.6. The first-order valence-corrected chi connectivity index (χ1v) is 4.85. The first kappa shape index (κ1) is 10.3. The standard InChI is InChI=1S/C9H18N2O2/c1-2-6-3-4-7(10)8(5-6)13-9(11)12/h6-8H,2-5,10H2,1H3,(H2,11,12). The fourth-order valence-corrected chi connectivity index (χ4v) is 1.89. The van der Waals surface area contributed by atoms with Crippen LogP contribution >= 0.6 is 0 Å². The molecule has 0 heterocycles. The van der Waals surface area contributed by atoms with E-state index < -0.39 is 6.09 Å². The second-order valence-corrected chi connectivity index (χ2v) is 3.73. The van der Waals surface area contributed by atoms with Crippen molar-refractivity contribution in [3.05, 3.63) is 0 Å². The summed E-state index contributed by atoms with van der Waals surface area (Å²) in [5, 5.41) is 0. The molecule has 1 rings (SSSR count). The van der Waals surface area contributed by atoms with E-state index in [0.717, 1.165) is 25.7 Å². The van der Waals surface area contributed by atoms with Gasteiger partial charge in [-0.25, -0.2) is 4.79 Å². The molecule has 0 spiro atoms. The van der Waals surface area contributed by atoms with Gasteiger partial charge in [0, 0.05) is 6.04 Å². The molecular weight excluding hydrogens is 168 g/mol. The number of carbonyl (C=O) groups is 1. The highest BCUT2D eigenvalue weighted by molar-refractivity contribution is 5.64. The Morgan fingerprint density at radius 2 is 2.23 bits per heavy atom. The van der Waals surface area contributed by atoms with E-state index in [4.69, 9.17) is 16.2 Å². The van der Waals surface area contributed by atoms with E-state index in [9.17, 15) is 4.79 Å². The van der Waals surface area contributed by atoms with Crippen molar-refractivity contribution in [1.82, 2.24) is 0 Å². The summed E-state index contributed by atoms with van der Waals surface area (Å²) in [5.41, 5.74) is 10.8. The van der Waals surface area contributed by atoms with Crippen molar-refractivity contribution in [2.45, 2.75) is 44.8 Å². The van der Waals surface area contributed by atoms with Crippen molar-refractivity contribution >= 4 is 6.09 Å². The molecule has 1 saturated carbocycles. The van der Waals surface area contributed by atoms with Crippen LogP contribution in [-0.2, 0) is 4.74 Å². The minimum atomic E-state index is -0.711. The summed E-state index contributed by atoms with van der Waals surface area (Å²) in [5.74, 6) is 0.629. The van der Waals surface area contributed by atoms with E-state index in [0.29, 0.717) is 5.92 Å². The normalized spacial score (nSPS) is 34.2. The molecule has 1 amide bonds. The Kier molecular flexibility index (Phi) is 3.54. The number of primary amides is 1. The van der Waals surface area contributed by atoms with Crippen LogP contribution in [0.2, 0.25) is 0 Å². The number of nitrogens with two attached hydrogens (primary N) is 2. The topological polar surface area (TPSA) is 78.3 Å². The molecule has 1 fully saturated rings. The van der Waals surface area contributed by atoms with Gasteiger partial charge in [0.15, 0.2) is 0 Å². The Morgan fingerprint density at radius 1 is 1.54 bits per heavy atom. The predicted molar refractivity (Wildman–Crippen MR) is 50.1 cm³/mol. The fourth-order valence-electron chi connectivity index (χ4n) is 1.89. The van der Waals surface area contributed by atoms with E-state index in [2.05, 4.69) is 6.92 Å². The predicted octanol–water partition coefficient (Wildman–Crippen LogP) is 0.988. The zero-order chi connectivity index (χ0) is 9.84. The van der Waals surface area contributed by atoms with Crippen LogP contribution in [-0.4, -0.2) is 18.2 Å². The van der Waals surface area contributed by atoms with Crippen LogP contribution in [0.4, 0.5) is 4.79 Å². The van der Waals surface area contributed by atoms with Crippen LogP contribution in [0.25, 0.3) is 0 Å². The van der Waals surface area contributed by atoms with Gasteiger partial charge < -0.3 is 16.2 Å². The third-order valence-electron chi connectivity index (χ3n) is 2.80. The average Bonchev–Trinajstić information content (AvgIpc) is 2.08. The van der Waals surface area contributed by atoms with Crippen LogP contribution in [0.5, 0.6) is 0 Å². The van der Waals surface area contributed by atoms with E-state index in [-0.39, 0.29) is 12.1 Å². The average molecular weight is 186 g/mol. The first-order chi connectivity index (χ1) is 6.13. The molecule has 4 N–H and O–H groups in total. The summed E-state index contributed by atoms with van der Waals surface area (Å²) in [6, 6.07) is -0.0321. The second kappa shape index (κ2) is 4.46. The Labute approximate surface area is 78.6 Å². The minimum Gasteiger partial charge on any atom is -0.445 e. The van der Waals surface area contributed by atoms with Gasteiger partial charge in [0.2, 0.25) is 0 Å². The number of hydrogen-bond donors (Lipinski definition) is 2. The van der Waals surface area contributed by atoms with Crippen LogP contribution in [0, 0.1) is 5.92 Å². The van der Waals surface area contributed by atoms with Gasteiger partial charge in [0.1, 0.15) is 6.10 Å². The quantitative estimate of drug-likeness (QED) is 0.675. The van der Waals surface area contributed by atoms with Gasteiger partial charge in [0.05, 0.1) is 0 Å². The largest absolute Gasteiger partial charge is 0.445 e. The zero-order valence-corrected chi connectivity index (χ0v) is 8.03. The molecule has 3 atom stereocenters. The van der Waals surface area contributed by atoms with Crippen molar-refractivity contribution in [2.75, 3.05) is 0 Å². The summed E-state index contributed by atoms with van der Waals surface area (Å²) in [4.78, 5) is 10.6. The Morgan fingerprint density at radius 3 is 2.77 bits per heavy atom. The van der Waals surface area contributed by atoms with Gasteiger partial charge in [-0.05, 0) is 25.2 Å². The monoisotopic (exact) mass is 186 g/mol. The van der Waals surface area contributed by atoms with Crippen molar-refractivity contribution in [3.63, 3.8) is 0 Å². The van der Waals surface area contributed by atoms with Crippen molar-refractivity contribution in [2.24, 2.45) is 17.4 Å². The zero-order valence-electron chi connectivity index (χ0n) is 8.03. The molecule has 0 aliphatic heterocycles. The lowest BCUT2D eigenvalue weighted by Gasteiger charge is -2.32. The molecule has 0 aromatic carbocycles. The smallest absolute Gasteiger partial charge is 0.404 e. The molecule has 13 heavy (non-hydrogen) atoms. The van der Waals surface area contributed by atoms with Gasteiger partial charge in [-0.3, -0.25) is 0 Å². The van der Waals surface area contributed by atoms with Crippen LogP contribution in [0.3, 0.4) is 0 Å². The van der Waals surface area contributed by atoms with Crippen LogP contribution in [0.15, 0.2) is 0 Å². The van der Waals surface area contributed by atoms with E-state index in [1.165, 1.54) is 0 Å². The van der Waals surface area contributed by atoms with Gasteiger partial charge in [0.25, 0.3) is 0 Å². The van der Waals surface area contributed by atoms with E-state index >= 15 is 0 Å². The Hall–Kier alpha value is -0.770. The van der Waals surface area contributed by atoms with Crippen molar-refractivity contribution in [3.8, 4) is 0 Å². The molecular formula is C9H18N2O2. The molecule has 0 saturated heterocycles. The third kappa shape index (κ3) is 2.88. The summed E-state index contributed by atoms with van der Waals surface area (Å²) < 4.78 is 4.95. The van der Waals surface area contributed by atoms with Gasteiger partial charge in [-0.1, -0.05) is 13.3 Å². The maximum atomic E-state index is 10.6. The van der Waals surface area contributed by atoms with Gasteiger partial charge in [-0.2, -0.15) is 0 Å². The van der Waals surface area contributed by atoms with Crippen LogP contribution in [0.1, 0.15) is 32.6 Å². The second-order valence-electron chi connectivity index (χ2n) is 3.73. The highest BCUT2D eigenvalue weighted by Crippen LogP contribution is 2.27. The molecule has 3 unspecified atom stereocenters. The molecule has 4 heteroatoms. The summed E-state index contributed by atoms with van der Waals surface area (Å²) in [6.45, 7) is 2.14. The van der Waals surface area contributed by atoms with Crippen molar-refractivity contribution in [1.29, 1.82) is 0 Å². The summed E-state index contributed by atoms with van der Waals surface area (Å²) in [6.07, 6.45) is 3.16. The van der Waals surface area contributed by atoms with E-state index in [1.807, 2.05) is 0 Å². The van der Waals surface area contributed by atoms with Crippen LogP contribution < -0.4 is 11.5 Å². The molecule has 0 aromatic rings. The molecule has 1 aliphatic carbocycles. The lowest BCUT2D eigenvalue weighted by molar-refractivity contribution is 0.0514. The molecule has 4 nitrogen and oxygen atoms in total. The summed E-state index contributed by atoms with van der Waals surface area (Å²) in [7, 11) is 0. The third-order valence-corrected chi connectivity index (χ3v) is 2.80. The summed E-state index contributed by atoms with van der Waals surface area (Å²) >= 11 is 0. The number of rotatable bonds is 2. The number of amides is 1. The molecule has 76 valence electrons. The number of ether oxygens (including phenoxy) is 1. The van der Waals surface area contributed by atoms with Gasteiger partial charge >= 0.3 is 6.09 Å². The SMILES string of the molecule is CCC1CCC(N)C(OC(N)=O)C1. The molecule has 0 bridgehead atoms. The lowest BCUT2D eigenvalue weighted by Crippen LogP contribution is -2.43. The van der Waals surface area contributed by atoms with Crippen molar-refractivity contribution < 1.29 is 9.53 Å². The minimum absolute atomic E-state index is 0.0321. The Balaban J connectivity index is 2.44. The number of carbonyl (C=O) groups excluding carboxylic acids is 1. The van der Waals surface area contributed by atoms with E-state index in [1.54, 1.807) is 0 Å². The highest BCUT2D eigenvalue weighted by Gasteiger charge is 2.29. The Bertz CT molecular complexity index is 184. The maximum Gasteiger partial charge on any atom is 0.404 e. The van der Waals surface area contributed by atoms with Gasteiger partial charge in [-0.15, -0.1) is 0 Å². The molecule has 1 aliphatic rings. The molecule has 0 radical (unpaired) electrons. The molecule has 0 aromatic heterocycles. The lowest BCUT2D eigenvalue weighted by atomic mass is 9.83. The highest BCUT2D eigenvalue weighted by atomic mass is 16.6. The first-order valence-electron chi connectivity index (χ1n) is 4.85. The number of hydrogen-bond acceptors (Lipinski definition) is 3. The fraction of sp³-hybridized carbons (Fsp3) is 0.889.